The molecule has 4 rings (SSSR count). The van der Waals surface area contributed by atoms with Crippen LogP contribution in [0.1, 0.15) is 43.6 Å². The van der Waals surface area contributed by atoms with Gasteiger partial charge in [-0.05, 0) is 48.6 Å². The van der Waals surface area contributed by atoms with Crippen LogP contribution in [0.3, 0.4) is 0 Å². The fourth-order valence-corrected chi connectivity index (χ4v) is 4.13. The van der Waals surface area contributed by atoms with E-state index in [1.54, 1.807) is 0 Å². The fourth-order valence-electron chi connectivity index (χ4n) is 4.13. The van der Waals surface area contributed by atoms with Crippen molar-refractivity contribution in [2.75, 3.05) is 0 Å². The van der Waals surface area contributed by atoms with Crippen LogP contribution in [0.5, 0.6) is 0 Å². The van der Waals surface area contributed by atoms with E-state index in [9.17, 15) is 4.79 Å². The molecule has 31 heavy (non-hydrogen) atoms. The van der Waals surface area contributed by atoms with Gasteiger partial charge in [0.1, 0.15) is 0 Å². The molecule has 0 radical (unpaired) electrons. The molecular formula is C24H28N6O. The summed E-state index contributed by atoms with van der Waals surface area (Å²) in [6.07, 6.45) is 3.12. The second kappa shape index (κ2) is 9.12. The highest BCUT2D eigenvalue weighted by atomic mass is 16.1. The summed E-state index contributed by atoms with van der Waals surface area (Å²) >= 11 is 0. The van der Waals surface area contributed by atoms with Gasteiger partial charge in [0.15, 0.2) is 0 Å². The minimum atomic E-state index is 0.0811. The molecule has 1 N–H and O–H groups in total. The topological polar surface area (TPSA) is 81.4 Å². The van der Waals surface area contributed by atoms with Gasteiger partial charge < -0.3 is 0 Å². The van der Waals surface area contributed by atoms with Crippen molar-refractivity contribution in [1.29, 1.82) is 0 Å². The van der Waals surface area contributed by atoms with E-state index < -0.39 is 0 Å². The number of H-pyrrole nitrogens is 1. The number of hydrogen-bond donors (Lipinski definition) is 1. The number of benzene rings is 2. The minimum Gasteiger partial charge on any atom is -0.297 e. The normalized spacial score (nSPS) is 11.2. The van der Waals surface area contributed by atoms with Gasteiger partial charge in [0.05, 0.1) is 6.54 Å². The first-order valence-corrected chi connectivity index (χ1v) is 10.8. The third-order valence-electron chi connectivity index (χ3n) is 5.81. The monoisotopic (exact) mass is 416 g/mol. The second-order valence-corrected chi connectivity index (χ2v) is 7.73. The largest absolute Gasteiger partial charge is 0.328 e. The van der Waals surface area contributed by atoms with Crippen molar-refractivity contribution in [3.8, 4) is 22.5 Å². The molecule has 4 aromatic rings. The number of unbranched alkanes of at least 4 members (excludes halogenated alkanes) is 1. The molecule has 0 saturated carbocycles. The molecule has 0 aliphatic rings. The molecule has 0 spiro atoms. The summed E-state index contributed by atoms with van der Waals surface area (Å²) in [5.41, 5.74) is 6.48. The molecule has 0 aliphatic heterocycles. The number of aromatic amines is 1. The smallest absolute Gasteiger partial charge is 0.297 e. The molecule has 0 aliphatic carbocycles. The Balaban J connectivity index is 1.65. The average molecular weight is 417 g/mol. The van der Waals surface area contributed by atoms with Gasteiger partial charge in [-0.1, -0.05) is 61.9 Å². The van der Waals surface area contributed by atoms with Crippen molar-refractivity contribution in [2.24, 2.45) is 0 Å². The van der Waals surface area contributed by atoms with Crippen LogP contribution in [0.2, 0.25) is 0 Å². The maximum absolute atomic E-state index is 13.0. The van der Waals surface area contributed by atoms with E-state index in [2.05, 4.69) is 64.8 Å². The van der Waals surface area contributed by atoms with E-state index in [1.165, 1.54) is 0 Å². The Morgan fingerprint density at radius 3 is 2.35 bits per heavy atom. The van der Waals surface area contributed by atoms with Gasteiger partial charge in [-0.25, -0.2) is 4.79 Å². The van der Waals surface area contributed by atoms with Crippen LogP contribution in [0.4, 0.5) is 0 Å². The van der Waals surface area contributed by atoms with Crippen LogP contribution >= 0.6 is 0 Å². The Kier molecular flexibility index (Phi) is 6.11. The lowest BCUT2D eigenvalue weighted by molar-refractivity contribution is 0.645. The van der Waals surface area contributed by atoms with Gasteiger partial charge in [-0.2, -0.15) is 5.21 Å². The molecule has 0 saturated heterocycles. The predicted molar refractivity (Wildman–Crippen MR) is 122 cm³/mol. The van der Waals surface area contributed by atoms with Crippen molar-refractivity contribution in [1.82, 2.24) is 29.8 Å². The highest BCUT2D eigenvalue weighted by Crippen LogP contribution is 2.29. The SMILES string of the molecule is CCCCc1c(C)n(CC)c(=O)n1Cc1ccc(-c2ccccc2-c2nn[nH]n2)cc1. The molecule has 0 unspecified atom stereocenters. The van der Waals surface area contributed by atoms with Gasteiger partial charge in [-0.15, -0.1) is 10.2 Å². The summed E-state index contributed by atoms with van der Waals surface area (Å²) in [7, 11) is 0. The summed E-state index contributed by atoms with van der Waals surface area (Å²) < 4.78 is 3.82. The summed E-state index contributed by atoms with van der Waals surface area (Å²) in [6.45, 7) is 7.55. The number of nitrogens with zero attached hydrogens (tertiary/aromatic N) is 5. The molecule has 2 aromatic heterocycles. The zero-order valence-electron chi connectivity index (χ0n) is 18.3. The predicted octanol–water partition coefficient (Wildman–Crippen LogP) is 4.22. The Hall–Kier alpha value is -3.48. The first-order chi connectivity index (χ1) is 15.1. The second-order valence-electron chi connectivity index (χ2n) is 7.73. The highest BCUT2D eigenvalue weighted by molar-refractivity contribution is 5.80. The first-order valence-electron chi connectivity index (χ1n) is 10.8. The van der Waals surface area contributed by atoms with E-state index in [-0.39, 0.29) is 5.69 Å². The zero-order chi connectivity index (χ0) is 21.8. The van der Waals surface area contributed by atoms with Gasteiger partial charge in [-0.3, -0.25) is 9.13 Å². The van der Waals surface area contributed by atoms with Crippen LogP contribution < -0.4 is 5.69 Å². The molecular weight excluding hydrogens is 388 g/mol. The summed E-state index contributed by atoms with van der Waals surface area (Å²) in [5, 5.41) is 14.4. The van der Waals surface area contributed by atoms with Crippen LogP contribution in [0.15, 0.2) is 53.3 Å². The molecule has 2 heterocycles. The van der Waals surface area contributed by atoms with Gasteiger partial charge in [0, 0.05) is 23.5 Å². The first kappa shape index (κ1) is 20.8. The summed E-state index contributed by atoms with van der Waals surface area (Å²) in [6, 6.07) is 16.4. The summed E-state index contributed by atoms with van der Waals surface area (Å²) in [4.78, 5) is 13.0. The molecule has 0 fully saturated rings. The van der Waals surface area contributed by atoms with E-state index in [0.717, 1.165) is 52.9 Å². The number of rotatable bonds is 8. The van der Waals surface area contributed by atoms with E-state index in [0.29, 0.717) is 18.9 Å². The van der Waals surface area contributed by atoms with E-state index in [1.807, 2.05) is 34.3 Å². The lowest BCUT2D eigenvalue weighted by Crippen LogP contribution is -2.25. The van der Waals surface area contributed by atoms with Gasteiger partial charge in [0.25, 0.3) is 0 Å². The van der Waals surface area contributed by atoms with Crippen LogP contribution in [0.25, 0.3) is 22.5 Å². The van der Waals surface area contributed by atoms with Gasteiger partial charge in [0.2, 0.25) is 5.82 Å². The number of nitrogens with one attached hydrogen (secondary N) is 1. The average Bonchev–Trinajstić information content (AvgIpc) is 3.41. The third-order valence-corrected chi connectivity index (χ3v) is 5.81. The van der Waals surface area contributed by atoms with Crippen molar-refractivity contribution < 1.29 is 0 Å². The van der Waals surface area contributed by atoms with E-state index in [4.69, 9.17) is 0 Å². The number of imidazole rings is 1. The van der Waals surface area contributed by atoms with Crippen LogP contribution in [-0.2, 0) is 19.5 Å². The Labute approximate surface area is 181 Å². The quantitative estimate of drug-likeness (QED) is 0.466. The lowest BCUT2D eigenvalue weighted by Gasteiger charge is -2.10. The molecule has 0 amide bonds. The maximum atomic E-state index is 13.0. The molecule has 0 atom stereocenters. The Bertz CT molecular complexity index is 1200. The van der Waals surface area contributed by atoms with Crippen molar-refractivity contribution in [2.45, 2.75) is 53.1 Å². The third kappa shape index (κ3) is 4.08. The minimum absolute atomic E-state index is 0.0811. The number of hydrogen-bond acceptors (Lipinski definition) is 4. The number of aromatic nitrogens is 6. The zero-order valence-corrected chi connectivity index (χ0v) is 18.3. The molecule has 160 valence electrons. The van der Waals surface area contributed by atoms with Crippen molar-refractivity contribution in [3.63, 3.8) is 0 Å². The van der Waals surface area contributed by atoms with Crippen molar-refractivity contribution >= 4 is 0 Å². The summed E-state index contributed by atoms with van der Waals surface area (Å²) in [5.74, 6) is 0.572. The van der Waals surface area contributed by atoms with E-state index >= 15 is 0 Å². The Morgan fingerprint density at radius 1 is 0.968 bits per heavy atom. The fraction of sp³-hybridized carbons (Fsp3) is 0.333. The number of tetrazole rings is 1. The maximum Gasteiger partial charge on any atom is 0.328 e. The molecule has 7 nitrogen and oxygen atoms in total. The van der Waals surface area contributed by atoms with Crippen LogP contribution in [0, 0.1) is 6.92 Å². The van der Waals surface area contributed by atoms with Crippen LogP contribution in [-0.4, -0.2) is 29.8 Å². The standard InChI is InChI=1S/C24H28N6O/c1-4-6-11-22-17(3)29(5-2)24(31)30(22)16-18-12-14-19(15-13-18)20-9-7-8-10-21(20)23-25-27-28-26-23/h7-10,12-15H,4-6,11,16H2,1-3H3,(H,25,26,27,28). The molecule has 7 heteroatoms. The molecule has 2 aromatic carbocycles. The van der Waals surface area contributed by atoms with Gasteiger partial charge >= 0.3 is 5.69 Å². The van der Waals surface area contributed by atoms with Crippen molar-refractivity contribution in [3.05, 3.63) is 76.0 Å². The Morgan fingerprint density at radius 2 is 1.71 bits per heavy atom. The highest BCUT2D eigenvalue weighted by Gasteiger charge is 2.16. The molecule has 0 bridgehead atoms. The lowest BCUT2D eigenvalue weighted by atomic mass is 9.98.